The van der Waals surface area contributed by atoms with E-state index >= 15 is 0 Å². The second-order valence-electron chi connectivity index (χ2n) is 23.1. The van der Waals surface area contributed by atoms with E-state index in [1.54, 1.807) is 49.2 Å². The summed E-state index contributed by atoms with van der Waals surface area (Å²) in [5, 5.41) is 31.9. The van der Waals surface area contributed by atoms with Crippen molar-refractivity contribution in [1.82, 2.24) is 50.4 Å². The third-order valence-corrected chi connectivity index (χ3v) is 14.8. The smallest absolute Gasteiger partial charge is 0.408 e. The SMILES string of the molecule is Cc1cc(NC(=O)[C@@H](CC(C)(C)C)NC(=O)OC(C)(C)C)ccc1-c1ccnc(Nc2ccc(N3CCN(Cc4cn(C(C(=O)N5C[C@H](O)C[C@H]5C(=O)N[C@@H](C)c5ccc(-c6scnc6C)cc5)C(C)C)nn4)CC3)nc2)c1. The summed E-state index contributed by atoms with van der Waals surface area (Å²) in [6.07, 6.45) is 4.49. The molecule has 8 rings (SSSR count). The van der Waals surface area contributed by atoms with Gasteiger partial charge in [0.05, 0.1) is 52.0 Å². The standard InChI is InChI=1S/C58H75N13O6S/c1-35(2)51(55(75)70-33-45(72)28-48(70)54(74)62-37(4)39-12-14-40(15-13-39)52-38(5)61-34-78-52)71-32-44(66-67-71)31-68-22-24-69(25-23-68)50-19-17-43(30-60-50)63-49-27-41(20-21-59-49)46-18-16-42(26-36(46)3)64-53(73)47(29-57(6,7)8)65-56(76)77-58(9,10)11/h12-21,26-27,30,32,34-35,37,45,47-48,51,72H,22-25,28-29,31,33H2,1-11H3,(H,59,63)(H,62,74)(H,64,73)(H,65,76)/t37-,45+,47+,48-,51?/m0/s1. The molecule has 78 heavy (non-hydrogen) atoms. The molecular weight excluding hydrogens is 1010 g/mol. The molecule has 0 spiro atoms. The Hall–Kier alpha value is -7.29. The van der Waals surface area contributed by atoms with Crippen molar-refractivity contribution in [2.24, 2.45) is 11.3 Å². The van der Waals surface area contributed by atoms with E-state index in [0.717, 1.165) is 81.8 Å². The summed E-state index contributed by atoms with van der Waals surface area (Å²) in [5.41, 5.74) is 8.91. The van der Waals surface area contributed by atoms with E-state index < -0.39 is 35.9 Å². The topological polar surface area (TPSA) is 225 Å². The van der Waals surface area contributed by atoms with E-state index in [9.17, 15) is 24.3 Å². The summed E-state index contributed by atoms with van der Waals surface area (Å²) in [6, 6.07) is 19.0. The molecule has 19 nitrogen and oxygen atoms in total. The highest BCUT2D eigenvalue weighted by atomic mass is 32.1. The lowest BCUT2D eigenvalue weighted by atomic mass is 9.87. The highest BCUT2D eigenvalue weighted by Crippen LogP contribution is 2.32. The van der Waals surface area contributed by atoms with Crippen molar-refractivity contribution < 1.29 is 29.0 Å². The first-order valence-corrected chi connectivity index (χ1v) is 27.6. The van der Waals surface area contributed by atoms with E-state index in [1.807, 2.05) is 134 Å². The summed E-state index contributed by atoms with van der Waals surface area (Å²) >= 11 is 1.59. The van der Waals surface area contributed by atoms with Crippen LogP contribution in [0.5, 0.6) is 0 Å². The van der Waals surface area contributed by atoms with Gasteiger partial charge in [0.1, 0.15) is 35.4 Å². The highest BCUT2D eigenvalue weighted by molar-refractivity contribution is 7.13. The number of carbonyl (C=O) groups is 4. The van der Waals surface area contributed by atoms with Gasteiger partial charge in [-0.15, -0.1) is 16.4 Å². The minimum absolute atomic E-state index is 0.0593. The zero-order chi connectivity index (χ0) is 56.1. The van der Waals surface area contributed by atoms with E-state index in [1.165, 1.54) is 4.90 Å². The van der Waals surface area contributed by atoms with Crippen molar-refractivity contribution in [3.05, 3.63) is 113 Å². The molecule has 0 aliphatic carbocycles. The second-order valence-corrected chi connectivity index (χ2v) is 24.0. The van der Waals surface area contributed by atoms with Crippen LogP contribution in [0.15, 0.2) is 90.8 Å². The summed E-state index contributed by atoms with van der Waals surface area (Å²) in [5.74, 6) is 0.448. The zero-order valence-electron chi connectivity index (χ0n) is 46.7. The van der Waals surface area contributed by atoms with Gasteiger partial charge in [0.25, 0.3) is 0 Å². The third kappa shape index (κ3) is 14.6. The average molecular weight is 1080 g/mol. The molecule has 5 N–H and O–H groups in total. The molecule has 6 aromatic rings. The van der Waals surface area contributed by atoms with E-state index in [2.05, 4.69) is 51.3 Å². The van der Waals surface area contributed by atoms with E-state index in [0.29, 0.717) is 24.5 Å². The lowest BCUT2D eigenvalue weighted by Gasteiger charge is -2.35. The van der Waals surface area contributed by atoms with Gasteiger partial charge in [-0.05, 0) is 124 Å². The molecule has 4 aromatic heterocycles. The molecule has 2 aliphatic heterocycles. The van der Waals surface area contributed by atoms with Crippen molar-refractivity contribution in [3.8, 4) is 21.6 Å². The molecule has 20 heteroatoms. The largest absolute Gasteiger partial charge is 0.444 e. The fourth-order valence-corrected chi connectivity index (χ4v) is 10.8. The first-order chi connectivity index (χ1) is 37.0. The number of likely N-dealkylation sites (tertiary alicyclic amines) is 1. The molecule has 6 heterocycles. The molecule has 1 unspecified atom stereocenters. The van der Waals surface area contributed by atoms with Gasteiger partial charge < -0.3 is 40.9 Å². The molecule has 4 amide bonds. The molecule has 2 aromatic carbocycles. The number of amides is 4. The van der Waals surface area contributed by atoms with Crippen LogP contribution in [-0.2, 0) is 25.7 Å². The van der Waals surface area contributed by atoms with Gasteiger partial charge in [-0.1, -0.05) is 70.2 Å². The number of aliphatic hydroxyl groups excluding tert-OH is 1. The van der Waals surface area contributed by atoms with Crippen LogP contribution in [-0.4, -0.2) is 125 Å². The highest BCUT2D eigenvalue weighted by Gasteiger charge is 2.43. The Bertz CT molecular complexity index is 3050. The van der Waals surface area contributed by atoms with E-state index in [-0.39, 0.29) is 48.1 Å². The fraction of sp³-hybridized carbons (Fsp3) is 0.466. The number of thiazole rings is 1. The molecule has 2 aliphatic rings. The van der Waals surface area contributed by atoms with Crippen molar-refractivity contribution in [2.45, 2.75) is 131 Å². The summed E-state index contributed by atoms with van der Waals surface area (Å²) in [4.78, 5) is 75.2. The number of aryl methyl sites for hydroxylation is 2. The Balaban J connectivity index is 0.819. The second kappa shape index (κ2) is 24.2. The number of pyridine rings is 2. The van der Waals surface area contributed by atoms with Gasteiger partial charge in [-0.25, -0.2) is 24.4 Å². The predicted octanol–water partition coefficient (Wildman–Crippen LogP) is 8.85. The summed E-state index contributed by atoms with van der Waals surface area (Å²) < 4.78 is 7.05. The number of alkyl carbamates (subject to hydrolysis) is 1. The molecule has 2 saturated heterocycles. The number of carbonyl (C=O) groups excluding carboxylic acids is 4. The molecule has 0 bridgehead atoms. The summed E-state index contributed by atoms with van der Waals surface area (Å²) in [6.45, 7) is 24.8. The minimum Gasteiger partial charge on any atom is -0.444 e. The Morgan fingerprint density at radius 3 is 2.22 bits per heavy atom. The maximum atomic E-state index is 14.4. The number of anilines is 4. The van der Waals surface area contributed by atoms with Crippen LogP contribution in [0.2, 0.25) is 0 Å². The lowest BCUT2D eigenvalue weighted by Crippen LogP contribution is -2.49. The van der Waals surface area contributed by atoms with Crippen LogP contribution in [0.1, 0.15) is 110 Å². The first-order valence-electron chi connectivity index (χ1n) is 26.7. The van der Waals surface area contributed by atoms with Gasteiger partial charge in [0.15, 0.2) is 0 Å². The minimum atomic E-state index is -0.825. The molecule has 414 valence electrons. The van der Waals surface area contributed by atoms with Crippen LogP contribution in [0.4, 0.5) is 27.8 Å². The number of piperazine rings is 1. The van der Waals surface area contributed by atoms with E-state index in [4.69, 9.17) is 9.72 Å². The maximum Gasteiger partial charge on any atom is 0.408 e. The Morgan fingerprint density at radius 2 is 1.58 bits per heavy atom. The number of benzene rings is 2. The average Bonchev–Trinajstić information content (AvgIpc) is 4.15. The van der Waals surface area contributed by atoms with Crippen LogP contribution in [0.3, 0.4) is 0 Å². The molecule has 2 fully saturated rings. The van der Waals surface area contributed by atoms with Crippen molar-refractivity contribution in [3.63, 3.8) is 0 Å². The number of β-amino-alcohol motifs (C(OH)–C–C–N with tert-alkyl or cyclic N) is 1. The number of aliphatic hydroxyl groups is 1. The van der Waals surface area contributed by atoms with Gasteiger partial charge in [-0.2, -0.15) is 0 Å². The first kappa shape index (κ1) is 56.9. The van der Waals surface area contributed by atoms with Crippen LogP contribution < -0.4 is 26.2 Å². The normalized spacial score (nSPS) is 17.3. The summed E-state index contributed by atoms with van der Waals surface area (Å²) in [7, 11) is 0. The number of hydrogen-bond donors (Lipinski definition) is 5. The zero-order valence-corrected chi connectivity index (χ0v) is 47.5. The monoisotopic (exact) mass is 1080 g/mol. The fourth-order valence-electron chi connectivity index (χ4n) is 9.99. The Morgan fingerprint density at radius 1 is 0.846 bits per heavy atom. The van der Waals surface area contributed by atoms with Gasteiger partial charge in [-0.3, -0.25) is 19.3 Å². The van der Waals surface area contributed by atoms with Crippen LogP contribution in [0.25, 0.3) is 21.6 Å². The quantitative estimate of drug-likeness (QED) is 0.0576. The third-order valence-electron chi connectivity index (χ3n) is 13.9. The lowest BCUT2D eigenvalue weighted by molar-refractivity contribution is -0.142. The van der Waals surface area contributed by atoms with Crippen molar-refractivity contribution in [1.29, 1.82) is 0 Å². The van der Waals surface area contributed by atoms with Crippen LogP contribution >= 0.6 is 11.3 Å². The van der Waals surface area contributed by atoms with Crippen molar-refractivity contribution in [2.75, 3.05) is 48.3 Å². The molecule has 0 radical (unpaired) electrons. The number of nitrogens with zero attached hydrogens (tertiary/aromatic N) is 9. The number of rotatable bonds is 17. The molecular formula is C58H75N13O6S. The maximum absolute atomic E-state index is 14.4. The van der Waals surface area contributed by atoms with Gasteiger partial charge in [0.2, 0.25) is 17.7 Å². The number of hydrogen-bond acceptors (Lipinski definition) is 15. The predicted molar refractivity (Wildman–Crippen MR) is 304 cm³/mol. The van der Waals surface area contributed by atoms with Crippen LogP contribution in [0, 0.1) is 25.2 Å². The van der Waals surface area contributed by atoms with Gasteiger partial charge in [0, 0.05) is 57.6 Å². The number of ether oxygens (including phenoxy) is 1. The van der Waals surface area contributed by atoms with Crippen molar-refractivity contribution >= 4 is 58.2 Å². The van der Waals surface area contributed by atoms with Gasteiger partial charge >= 0.3 is 6.09 Å². The number of nitrogens with one attached hydrogen (secondary N) is 4. The molecule has 5 atom stereocenters. The Labute approximate surface area is 461 Å². The molecule has 0 saturated carbocycles. The number of aromatic nitrogens is 6. The Kier molecular flexibility index (Phi) is 17.6.